The number of fused-ring (bicyclic) bond motifs is 1. The summed E-state index contributed by atoms with van der Waals surface area (Å²) in [4.78, 5) is 28.3. The normalized spacial score (nSPS) is 12.2. The number of nitrogens with zero attached hydrogens (tertiary/aromatic N) is 1. The van der Waals surface area contributed by atoms with Gasteiger partial charge in [-0.2, -0.15) is 0 Å². The van der Waals surface area contributed by atoms with E-state index in [1.54, 1.807) is 12.0 Å². The van der Waals surface area contributed by atoms with Crippen LogP contribution in [-0.4, -0.2) is 42.5 Å². The van der Waals surface area contributed by atoms with Gasteiger partial charge in [-0.15, -0.1) is 0 Å². The summed E-state index contributed by atoms with van der Waals surface area (Å²) < 4.78 is 11.2. The Balaban J connectivity index is 1.93. The van der Waals surface area contributed by atoms with E-state index in [9.17, 15) is 9.59 Å². The molecule has 6 nitrogen and oxygen atoms in total. The van der Waals surface area contributed by atoms with E-state index in [1.807, 2.05) is 94.4 Å². The molecule has 36 heavy (non-hydrogen) atoms. The summed E-state index contributed by atoms with van der Waals surface area (Å²) in [6.07, 6.45) is 1.08. The molecular formula is C30H38N2O4. The monoisotopic (exact) mass is 490 g/mol. The molecule has 0 bridgehead atoms. The summed E-state index contributed by atoms with van der Waals surface area (Å²) in [5, 5.41) is 5.04. The Labute approximate surface area is 214 Å². The molecular weight excluding hydrogens is 452 g/mol. The van der Waals surface area contributed by atoms with Gasteiger partial charge >= 0.3 is 0 Å². The van der Waals surface area contributed by atoms with Crippen molar-refractivity contribution >= 4 is 22.6 Å². The van der Waals surface area contributed by atoms with Gasteiger partial charge in [0.1, 0.15) is 18.4 Å². The molecule has 0 aromatic heterocycles. The van der Waals surface area contributed by atoms with Gasteiger partial charge in [0.15, 0.2) is 0 Å². The standard InChI is InChI=1S/C30H38N2O4/c1-6-10-27(33)32(17-18-35-5)28(29(34)31-30(2,3)4)25-14-13-24-20-26(16-15-23(24)19-25)36-21-22-11-8-7-9-12-22/h7-9,11-16,19-20,28H,6,10,17-18,21H2,1-5H3,(H,31,34). The highest BCUT2D eigenvalue weighted by molar-refractivity contribution is 5.91. The molecule has 0 spiro atoms. The van der Waals surface area contributed by atoms with Gasteiger partial charge in [0, 0.05) is 25.6 Å². The fourth-order valence-corrected chi connectivity index (χ4v) is 4.10. The molecule has 1 unspecified atom stereocenters. The molecule has 3 aromatic carbocycles. The average Bonchev–Trinajstić information content (AvgIpc) is 2.84. The Morgan fingerprint density at radius 3 is 2.33 bits per heavy atom. The molecule has 0 heterocycles. The molecule has 0 aliphatic rings. The Kier molecular flexibility index (Phi) is 9.48. The first-order chi connectivity index (χ1) is 17.2. The summed E-state index contributed by atoms with van der Waals surface area (Å²) in [6, 6.07) is 21.1. The molecule has 2 amide bonds. The van der Waals surface area contributed by atoms with Gasteiger partial charge in [0.25, 0.3) is 0 Å². The molecule has 192 valence electrons. The van der Waals surface area contributed by atoms with Gasteiger partial charge in [-0.3, -0.25) is 9.59 Å². The zero-order valence-electron chi connectivity index (χ0n) is 22.0. The molecule has 1 N–H and O–H groups in total. The van der Waals surface area contributed by atoms with Gasteiger partial charge in [-0.05, 0) is 67.3 Å². The van der Waals surface area contributed by atoms with E-state index in [4.69, 9.17) is 9.47 Å². The van der Waals surface area contributed by atoms with Crippen LogP contribution in [0.2, 0.25) is 0 Å². The molecule has 0 saturated carbocycles. The molecule has 0 aliphatic heterocycles. The summed E-state index contributed by atoms with van der Waals surface area (Å²) in [5.41, 5.74) is 1.44. The number of hydrogen-bond acceptors (Lipinski definition) is 4. The molecule has 0 fully saturated rings. The van der Waals surface area contributed by atoms with Crippen LogP contribution >= 0.6 is 0 Å². The number of benzene rings is 3. The molecule has 6 heteroatoms. The summed E-state index contributed by atoms with van der Waals surface area (Å²) in [6.45, 7) is 8.95. The highest BCUT2D eigenvalue weighted by Crippen LogP contribution is 2.29. The quantitative estimate of drug-likeness (QED) is 0.377. The maximum absolute atomic E-state index is 13.5. The number of ether oxygens (including phenoxy) is 2. The Morgan fingerprint density at radius 1 is 0.972 bits per heavy atom. The number of amides is 2. The largest absolute Gasteiger partial charge is 0.489 e. The minimum atomic E-state index is -0.753. The van der Waals surface area contributed by atoms with E-state index < -0.39 is 11.6 Å². The molecule has 3 rings (SSSR count). The zero-order chi connectivity index (χ0) is 26.1. The van der Waals surface area contributed by atoms with Crippen LogP contribution in [0.1, 0.15) is 57.7 Å². The van der Waals surface area contributed by atoms with Crippen LogP contribution in [0.4, 0.5) is 0 Å². The van der Waals surface area contributed by atoms with Gasteiger partial charge in [-0.25, -0.2) is 0 Å². The lowest BCUT2D eigenvalue weighted by atomic mass is 9.98. The van der Waals surface area contributed by atoms with Crippen molar-refractivity contribution in [3.05, 3.63) is 77.9 Å². The van der Waals surface area contributed by atoms with Crippen LogP contribution in [0.5, 0.6) is 5.75 Å². The van der Waals surface area contributed by atoms with E-state index in [1.165, 1.54) is 0 Å². The van der Waals surface area contributed by atoms with Crippen LogP contribution in [0.25, 0.3) is 10.8 Å². The third-order valence-electron chi connectivity index (χ3n) is 5.78. The van der Waals surface area contributed by atoms with E-state index in [0.29, 0.717) is 32.6 Å². The number of methoxy groups -OCH3 is 1. The van der Waals surface area contributed by atoms with Gasteiger partial charge in [-0.1, -0.05) is 55.5 Å². The van der Waals surface area contributed by atoms with Crippen molar-refractivity contribution in [3.8, 4) is 5.75 Å². The second-order valence-electron chi connectivity index (χ2n) is 10.0. The van der Waals surface area contributed by atoms with Crippen molar-refractivity contribution in [3.63, 3.8) is 0 Å². The fourth-order valence-electron chi connectivity index (χ4n) is 4.10. The lowest BCUT2D eigenvalue weighted by molar-refractivity contribution is -0.142. The van der Waals surface area contributed by atoms with Crippen molar-refractivity contribution in [2.75, 3.05) is 20.3 Å². The average molecular weight is 491 g/mol. The third-order valence-corrected chi connectivity index (χ3v) is 5.78. The fraction of sp³-hybridized carbons (Fsp3) is 0.400. The van der Waals surface area contributed by atoms with Crippen LogP contribution in [0, 0.1) is 0 Å². The molecule has 1 atom stereocenters. The van der Waals surface area contributed by atoms with Gasteiger partial charge in [0.05, 0.1) is 6.61 Å². The predicted molar refractivity (Wildman–Crippen MR) is 144 cm³/mol. The second kappa shape index (κ2) is 12.5. The van der Waals surface area contributed by atoms with E-state index in [0.717, 1.165) is 27.6 Å². The van der Waals surface area contributed by atoms with Crippen LogP contribution in [0.3, 0.4) is 0 Å². The highest BCUT2D eigenvalue weighted by atomic mass is 16.5. The van der Waals surface area contributed by atoms with Gasteiger partial charge < -0.3 is 19.7 Å². The number of carbonyl (C=O) groups excluding carboxylic acids is 2. The minimum Gasteiger partial charge on any atom is -0.489 e. The second-order valence-corrected chi connectivity index (χ2v) is 10.0. The lowest BCUT2D eigenvalue weighted by Crippen LogP contribution is -2.50. The van der Waals surface area contributed by atoms with Crippen LogP contribution in [-0.2, 0) is 20.9 Å². The summed E-state index contributed by atoms with van der Waals surface area (Å²) >= 11 is 0. The van der Waals surface area contributed by atoms with E-state index >= 15 is 0 Å². The number of hydrogen-bond donors (Lipinski definition) is 1. The molecule has 0 saturated heterocycles. The van der Waals surface area contributed by atoms with Crippen LogP contribution < -0.4 is 10.1 Å². The molecule has 0 radical (unpaired) electrons. The maximum atomic E-state index is 13.5. The van der Waals surface area contributed by atoms with Crippen molar-refractivity contribution in [1.29, 1.82) is 0 Å². The van der Waals surface area contributed by atoms with E-state index in [2.05, 4.69) is 5.32 Å². The number of carbonyl (C=O) groups is 2. The van der Waals surface area contributed by atoms with Crippen molar-refractivity contribution in [1.82, 2.24) is 10.2 Å². The summed E-state index contributed by atoms with van der Waals surface area (Å²) in [7, 11) is 1.60. The smallest absolute Gasteiger partial charge is 0.247 e. The Bertz CT molecular complexity index is 1150. The van der Waals surface area contributed by atoms with Crippen molar-refractivity contribution < 1.29 is 19.1 Å². The number of rotatable bonds is 11. The predicted octanol–water partition coefficient (Wildman–Crippen LogP) is 5.65. The highest BCUT2D eigenvalue weighted by Gasteiger charge is 2.32. The summed E-state index contributed by atoms with van der Waals surface area (Å²) in [5.74, 6) is 0.513. The topological polar surface area (TPSA) is 67.9 Å². The first kappa shape index (κ1) is 27.2. The van der Waals surface area contributed by atoms with Crippen molar-refractivity contribution in [2.45, 2.75) is 58.7 Å². The third kappa shape index (κ3) is 7.56. The molecule has 3 aromatic rings. The Hall–Kier alpha value is -3.38. The minimum absolute atomic E-state index is 0.0617. The zero-order valence-corrected chi connectivity index (χ0v) is 22.0. The SMILES string of the molecule is CCCC(=O)N(CCOC)C(C(=O)NC(C)(C)C)c1ccc2cc(OCc3ccccc3)ccc2c1. The van der Waals surface area contributed by atoms with Gasteiger partial charge in [0.2, 0.25) is 11.8 Å². The van der Waals surface area contributed by atoms with Crippen LogP contribution in [0.15, 0.2) is 66.7 Å². The Morgan fingerprint density at radius 2 is 1.67 bits per heavy atom. The van der Waals surface area contributed by atoms with E-state index in [-0.39, 0.29) is 11.8 Å². The first-order valence-corrected chi connectivity index (χ1v) is 12.5. The van der Waals surface area contributed by atoms with Crippen molar-refractivity contribution in [2.24, 2.45) is 0 Å². The lowest BCUT2D eigenvalue weighted by Gasteiger charge is -2.34. The number of nitrogens with one attached hydrogen (secondary N) is 1. The maximum Gasteiger partial charge on any atom is 0.247 e. The first-order valence-electron chi connectivity index (χ1n) is 12.5. The molecule has 0 aliphatic carbocycles.